The summed E-state index contributed by atoms with van der Waals surface area (Å²) in [5.74, 6) is -0.738. The van der Waals surface area contributed by atoms with Crippen LogP contribution in [-0.2, 0) is 6.18 Å². The van der Waals surface area contributed by atoms with Crippen LogP contribution in [-0.4, -0.2) is 74.1 Å². The van der Waals surface area contributed by atoms with E-state index in [4.69, 9.17) is 22.1 Å². The van der Waals surface area contributed by atoms with Crippen molar-refractivity contribution in [2.45, 2.75) is 76.3 Å². The van der Waals surface area contributed by atoms with E-state index in [0.29, 0.717) is 29.3 Å². The fourth-order valence-corrected chi connectivity index (χ4v) is 7.75. The molecule has 0 saturated carbocycles. The molecule has 3 heterocycles. The van der Waals surface area contributed by atoms with E-state index in [1.807, 2.05) is 25.2 Å². The average molecular weight is 742 g/mol. The highest BCUT2D eigenvalue weighted by Gasteiger charge is 2.36. The van der Waals surface area contributed by atoms with Gasteiger partial charge in [0.15, 0.2) is 0 Å². The smallest absolute Gasteiger partial charge is 0.306 e. The van der Waals surface area contributed by atoms with Crippen molar-refractivity contribution in [1.29, 1.82) is 10.5 Å². The minimum atomic E-state index is -4.62. The van der Waals surface area contributed by atoms with Crippen LogP contribution < -0.4 is 0 Å². The van der Waals surface area contributed by atoms with E-state index in [-0.39, 0.29) is 28.8 Å². The molecule has 5 nitrogen and oxygen atoms in total. The molecular weight excluding hydrogens is 693 g/mol. The van der Waals surface area contributed by atoms with Gasteiger partial charge in [-0.1, -0.05) is 61.8 Å². The topological polar surface area (TPSA) is 57.3 Å². The van der Waals surface area contributed by atoms with E-state index in [0.717, 1.165) is 95.2 Å². The third-order valence-corrected chi connectivity index (χ3v) is 11.2. The predicted molar refractivity (Wildman–Crippen MR) is 196 cm³/mol. The number of piperidine rings is 3. The SMILES string of the molecule is CCN1CCC(c2cccc(C#N)c2Cl)CC1.CCN1CCC(c2cccc(C#N)c2F)CC1.CN1CCC(c2cccc(C(F)(F)F)c2F)CC1. The standard InChI is InChI=1S/C14H17ClN2.C14H17FN2.C13H15F4N/c2*1-2-17-8-6-11(7-9-17)13-5-3-4-12(10-16)14(13)15;1-18-7-5-9(6-8-18)10-3-2-4-11(12(10)14)13(15,16)17/h2*3-5,11H,2,6-9H2,1H3;2-4,9H,5-8H2,1H3. The number of halogens is 6. The first-order valence-electron chi connectivity index (χ1n) is 18.3. The van der Waals surface area contributed by atoms with Crippen molar-refractivity contribution in [2.24, 2.45) is 0 Å². The molecule has 0 aromatic heterocycles. The molecular formula is C41H49ClF5N5. The van der Waals surface area contributed by atoms with Crippen LogP contribution in [0.3, 0.4) is 0 Å². The van der Waals surface area contributed by atoms with Gasteiger partial charge in [-0.05, 0) is 151 Å². The monoisotopic (exact) mass is 741 g/mol. The number of nitrogens with zero attached hydrogens (tertiary/aromatic N) is 5. The molecule has 0 N–H and O–H groups in total. The van der Waals surface area contributed by atoms with Crippen LogP contribution in [0.2, 0.25) is 5.02 Å². The van der Waals surface area contributed by atoms with Gasteiger partial charge < -0.3 is 14.7 Å². The molecule has 3 aromatic carbocycles. The summed E-state index contributed by atoms with van der Waals surface area (Å²) in [6.07, 6.45) is 1.04. The highest BCUT2D eigenvalue weighted by molar-refractivity contribution is 6.32. The lowest BCUT2D eigenvalue weighted by atomic mass is 9.88. The van der Waals surface area contributed by atoms with Crippen LogP contribution in [0.1, 0.15) is 104 Å². The van der Waals surface area contributed by atoms with E-state index < -0.39 is 17.6 Å². The molecule has 0 aliphatic carbocycles. The lowest BCUT2D eigenvalue weighted by Crippen LogP contribution is -2.32. The second kappa shape index (κ2) is 19.5. The van der Waals surface area contributed by atoms with Crippen LogP contribution in [0, 0.1) is 34.3 Å². The molecule has 3 aliphatic rings. The van der Waals surface area contributed by atoms with E-state index in [1.165, 1.54) is 12.1 Å². The van der Waals surface area contributed by atoms with E-state index >= 15 is 0 Å². The quantitative estimate of drug-likeness (QED) is 0.244. The average Bonchev–Trinajstić information content (AvgIpc) is 3.16. The predicted octanol–water partition coefficient (Wildman–Crippen LogP) is 9.96. The molecule has 0 amide bonds. The van der Waals surface area contributed by atoms with Crippen molar-refractivity contribution < 1.29 is 22.0 Å². The third-order valence-electron chi connectivity index (χ3n) is 10.7. The lowest BCUT2D eigenvalue weighted by molar-refractivity contribution is -0.140. The molecule has 52 heavy (non-hydrogen) atoms. The van der Waals surface area contributed by atoms with Gasteiger partial charge in [-0.25, -0.2) is 8.78 Å². The van der Waals surface area contributed by atoms with Gasteiger partial charge in [0.25, 0.3) is 0 Å². The molecule has 0 bridgehead atoms. The number of nitriles is 2. The molecule has 0 atom stereocenters. The molecule has 3 fully saturated rings. The lowest BCUT2D eigenvalue weighted by Gasteiger charge is -2.31. The zero-order chi connectivity index (χ0) is 37.8. The Morgan fingerprint density at radius 1 is 0.635 bits per heavy atom. The number of alkyl halides is 3. The van der Waals surface area contributed by atoms with Gasteiger partial charge in [-0.2, -0.15) is 23.7 Å². The van der Waals surface area contributed by atoms with Crippen molar-refractivity contribution in [2.75, 3.05) is 59.4 Å². The zero-order valence-electron chi connectivity index (χ0n) is 30.3. The van der Waals surface area contributed by atoms with E-state index in [1.54, 1.807) is 18.2 Å². The summed E-state index contributed by atoms with van der Waals surface area (Å²) in [6, 6.07) is 18.6. The van der Waals surface area contributed by atoms with Crippen molar-refractivity contribution >= 4 is 11.6 Å². The van der Waals surface area contributed by atoms with Crippen molar-refractivity contribution in [1.82, 2.24) is 14.7 Å². The number of likely N-dealkylation sites (tertiary alicyclic amines) is 3. The van der Waals surface area contributed by atoms with Gasteiger partial charge in [-0.15, -0.1) is 0 Å². The minimum Gasteiger partial charge on any atom is -0.306 e. The van der Waals surface area contributed by atoms with Gasteiger partial charge >= 0.3 is 6.18 Å². The van der Waals surface area contributed by atoms with Gasteiger partial charge in [-0.3, -0.25) is 0 Å². The first kappa shape index (κ1) is 41.2. The maximum atomic E-state index is 14.0. The Hall–Kier alpha value is -3.54. The Kier molecular flexibility index (Phi) is 15.5. The molecule has 0 unspecified atom stereocenters. The summed E-state index contributed by atoms with van der Waals surface area (Å²) in [5.41, 5.74) is 1.70. The largest absolute Gasteiger partial charge is 0.419 e. The summed E-state index contributed by atoms with van der Waals surface area (Å²) < 4.78 is 65.7. The molecule has 3 aromatic rings. The summed E-state index contributed by atoms with van der Waals surface area (Å²) in [7, 11) is 1.96. The van der Waals surface area contributed by atoms with Crippen LogP contribution in [0.25, 0.3) is 0 Å². The summed E-state index contributed by atoms with van der Waals surface area (Å²) in [4.78, 5) is 6.93. The van der Waals surface area contributed by atoms with Gasteiger partial charge in [0, 0.05) is 0 Å². The second-order valence-corrected chi connectivity index (χ2v) is 14.2. The van der Waals surface area contributed by atoms with Gasteiger partial charge in [0.05, 0.1) is 21.7 Å². The van der Waals surface area contributed by atoms with Crippen molar-refractivity contribution in [3.8, 4) is 12.1 Å². The zero-order valence-corrected chi connectivity index (χ0v) is 31.1. The number of benzene rings is 3. The fraction of sp³-hybridized carbons (Fsp3) is 0.512. The molecule has 3 aliphatic heterocycles. The van der Waals surface area contributed by atoms with E-state index in [2.05, 4.69) is 40.7 Å². The Labute approximate surface area is 310 Å². The minimum absolute atomic E-state index is 0.108. The summed E-state index contributed by atoms with van der Waals surface area (Å²) in [6.45, 7) is 12.4. The maximum absolute atomic E-state index is 14.0. The van der Waals surface area contributed by atoms with Crippen molar-refractivity contribution in [3.05, 3.63) is 105 Å². The number of hydrogen-bond donors (Lipinski definition) is 0. The first-order chi connectivity index (χ1) is 24.9. The molecule has 0 spiro atoms. The van der Waals surface area contributed by atoms with Crippen LogP contribution in [0.5, 0.6) is 0 Å². The Bertz CT molecular complexity index is 1590. The molecule has 6 rings (SSSR count). The number of hydrogen-bond acceptors (Lipinski definition) is 5. The molecule has 280 valence electrons. The maximum Gasteiger partial charge on any atom is 0.419 e. The Morgan fingerprint density at radius 3 is 1.50 bits per heavy atom. The van der Waals surface area contributed by atoms with Crippen LogP contribution >= 0.6 is 11.6 Å². The molecule has 0 radical (unpaired) electrons. The Balaban J connectivity index is 0.000000175. The van der Waals surface area contributed by atoms with Gasteiger partial charge in [0.1, 0.15) is 23.8 Å². The highest BCUT2D eigenvalue weighted by atomic mass is 35.5. The van der Waals surface area contributed by atoms with Crippen LogP contribution in [0.15, 0.2) is 54.6 Å². The Morgan fingerprint density at radius 2 is 1.04 bits per heavy atom. The summed E-state index contributed by atoms with van der Waals surface area (Å²) >= 11 is 6.28. The normalized spacial score (nSPS) is 18.4. The number of rotatable bonds is 5. The van der Waals surface area contributed by atoms with Crippen LogP contribution in [0.4, 0.5) is 22.0 Å². The molecule has 11 heteroatoms. The fourth-order valence-electron chi connectivity index (χ4n) is 7.43. The highest BCUT2D eigenvalue weighted by Crippen LogP contribution is 2.37. The third kappa shape index (κ3) is 10.8. The summed E-state index contributed by atoms with van der Waals surface area (Å²) in [5, 5.41) is 18.5. The first-order valence-corrected chi connectivity index (χ1v) is 18.6. The van der Waals surface area contributed by atoms with Gasteiger partial charge in [0.2, 0.25) is 0 Å². The second-order valence-electron chi connectivity index (χ2n) is 13.8. The van der Waals surface area contributed by atoms with E-state index in [9.17, 15) is 22.0 Å². The molecule has 3 saturated heterocycles. The van der Waals surface area contributed by atoms with Crippen molar-refractivity contribution in [3.63, 3.8) is 0 Å².